The summed E-state index contributed by atoms with van der Waals surface area (Å²) in [6.07, 6.45) is 6.17. The van der Waals surface area contributed by atoms with Gasteiger partial charge >= 0.3 is 0 Å². The first kappa shape index (κ1) is 16.4. The Hall–Kier alpha value is -1.47. The van der Waals surface area contributed by atoms with E-state index in [-0.39, 0.29) is 12.5 Å². The molecule has 1 aliphatic carbocycles. The molecule has 1 fully saturated rings. The first-order valence-electron chi connectivity index (χ1n) is 7.87. The summed E-state index contributed by atoms with van der Waals surface area (Å²) in [4.78, 5) is 12.2. The fourth-order valence-electron chi connectivity index (χ4n) is 2.92. The second kappa shape index (κ2) is 6.97. The number of amides is 1. The molecule has 1 saturated carbocycles. The maximum atomic E-state index is 12.2. The van der Waals surface area contributed by atoms with Gasteiger partial charge in [-0.1, -0.05) is 42.2 Å². The fourth-order valence-corrected chi connectivity index (χ4v) is 3.99. The summed E-state index contributed by atoms with van der Waals surface area (Å²) in [5.74, 6) is 0.334. The Bertz CT molecular complexity index is 705. The van der Waals surface area contributed by atoms with Crippen LogP contribution in [0.1, 0.15) is 54.4 Å². The zero-order valence-electron chi connectivity index (χ0n) is 13.3. The predicted octanol–water partition coefficient (Wildman–Crippen LogP) is 3.69. The van der Waals surface area contributed by atoms with Gasteiger partial charge in [0.15, 0.2) is 0 Å². The first-order chi connectivity index (χ1) is 11.0. The van der Waals surface area contributed by atoms with E-state index in [1.807, 2.05) is 13.8 Å². The van der Waals surface area contributed by atoms with Crippen LogP contribution in [0.2, 0.25) is 5.02 Å². The van der Waals surface area contributed by atoms with Crippen molar-refractivity contribution in [3.8, 4) is 0 Å². The van der Waals surface area contributed by atoms with Crippen molar-refractivity contribution in [3.63, 3.8) is 0 Å². The van der Waals surface area contributed by atoms with Crippen LogP contribution in [-0.2, 0) is 11.3 Å². The Kier molecular flexibility index (Phi) is 4.96. The number of rotatable bonds is 4. The van der Waals surface area contributed by atoms with Crippen molar-refractivity contribution in [2.24, 2.45) is 0 Å². The molecule has 1 N–H and O–H groups in total. The summed E-state index contributed by atoms with van der Waals surface area (Å²) in [7, 11) is 0. The number of hydrogen-bond donors (Lipinski definition) is 1. The van der Waals surface area contributed by atoms with Crippen LogP contribution in [0.15, 0.2) is 0 Å². The summed E-state index contributed by atoms with van der Waals surface area (Å²) in [6, 6.07) is 0. The normalized spacial score (nSPS) is 15.8. The third-order valence-corrected chi connectivity index (χ3v) is 5.78. The highest BCUT2D eigenvalue weighted by molar-refractivity contribution is 7.15. The molecule has 0 aliphatic heterocycles. The molecule has 2 aromatic heterocycles. The van der Waals surface area contributed by atoms with Gasteiger partial charge in [-0.2, -0.15) is 5.10 Å². The minimum absolute atomic E-state index is 0.123. The molecule has 0 unspecified atom stereocenters. The molecular weight excluding hydrogens is 334 g/mol. The minimum Gasteiger partial charge on any atom is -0.299 e. The molecule has 1 aliphatic rings. The van der Waals surface area contributed by atoms with Gasteiger partial charge in [0, 0.05) is 5.92 Å². The smallest absolute Gasteiger partial charge is 0.247 e. The summed E-state index contributed by atoms with van der Waals surface area (Å²) in [6.45, 7) is 3.80. The van der Waals surface area contributed by atoms with Crippen molar-refractivity contribution in [1.82, 2.24) is 20.0 Å². The summed E-state index contributed by atoms with van der Waals surface area (Å²) in [5.41, 5.74) is 1.52. The van der Waals surface area contributed by atoms with Crippen LogP contribution in [0.25, 0.3) is 0 Å². The van der Waals surface area contributed by atoms with Crippen molar-refractivity contribution in [3.05, 3.63) is 21.4 Å². The third-order valence-electron chi connectivity index (χ3n) is 4.23. The molecule has 0 aromatic carbocycles. The second-order valence-electron chi connectivity index (χ2n) is 5.97. The van der Waals surface area contributed by atoms with Gasteiger partial charge in [0.05, 0.1) is 16.4 Å². The molecule has 124 valence electrons. The molecule has 0 bridgehead atoms. The molecule has 6 nitrogen and oxygen atoms in total. The topological polar surface area (TPSA) is 72.7 Å². The van der Waals surface area contributed by atoms with Gasteiger partial charge in [-0.3, -0.25) is 14.8 Å². The number of halogens is 1. The molecular formula is C15H20ClN5OS. The fraction of sp³-hybridized carbons (Fsp3) is 0.600. The van der Waals surface area contributed by atoms with Crippen molar-refractivity contribution in [1.29, 1.82) is 0 Å². The molecule has 2 heterocycles. The van der Waals surface area contributed by atoms with E-state index < -0.39 is 0 Å². The molecule has 3 rings (SSSR count). The SMILES string of the molecule is Cc1nn(CC(=O)Nc2nnc(C3CCCCC3)s2)c(C)c1Cl. The summed E-state index contributed by atoms with van der Waals surface area (Å²) < 4.78 is 1.61. The lowest BCUT2D eigenvalue weighted by molar-refractivity contribution is -0.116. The molecule has 0 spiro atoms. The van der Waals surface area contributed by atoms with Crippen molar-refractivity contribution < 1.29 is 4.79 Å². The molecule has 2 aromatic rings. The van der Waals surface area contributed by atoms with E-state index >= 15 is 0 Å². The van der Waals surface area contributed by atoms with Gasteiger partial charge in [-0.25, -0.2) is 0 Å². The van der Waals surface area contributed by atoms with Crippen LogP contribution >= 0.6 is 22.9 Å². The second-order valence-corrected chi connectivity index (χ2v) is 7.36. The Morgan fingerprint density at radius 3 is 2.70 bits per heavy atom. The Morgan fingerprint density at radius 2 is 2.04 bits per heavy atom. The van der Waals surface area contributed by atoms with Crippen LogP contribution in [0.4, 0.5) is 5.13 Å². The van der Waals surface area contributed by atoms with Crippen molar-refractivity contribution in [2.45, 2.75) is 58.4 Å². The monoisotopic (exact) mass is 353 g/mol. The van der Waals surface area contributed by atoms with E-state index in [0.29, 0.717) is 16.1 Å². The lowest BCUT2D eigenvalue weighted by atomic mass is 9.90. The maximum Gasteiger partial charge on any atom is 0.247 e. The lowest BCUT2D eigenvalue weighted by Crippen LogP contribution is -2.20. The number of nitrogens with one attached hydrogen (secondary N) is 1. The first-order valence-corrected chi connectivity index (χ1v) is 9.07. The van der Waals surface area contributed by atoms with Crippen LogP contribution in [0, 0.1) is 13.8 Å². The van der Waals surface area contributed by atoms with Crippen molar-refractivity contribution in [2.75, 3.05) is 5.32 Å². The van der Waals surface area contributed by atoms with E-state index in [1.54, 1.807) is 4.68 Å². The minimum atomic E-state index is -0.168. The van der Waals surface area contributed by atoms with Crippen molar-refractivity contribution >= 4 is 34.0 Å². The molecule has 0 saturated heterocycles. The maximum absolute atomic E-state index is 12.2. The van der Waals surface area contributed by atoms with Crippen LogP contribution < -0.4 is 5.32 Å². The number of carbonyl (C=O) groups is 1. The Balaban J connectivity index is 1.61. The zero-order valence-corrected chi connectivity index (χ0v) is 14.9. The van der Waals surface area contributed by atoms with Gasteiger partial charge < -0.3 is 0 Å². The van der Waals surface area contributed by atoms with Gasteiger partial charge in [-0.15, -0.1) is 10.2 Å². The van der Waals surface area contributed by atoms with Crippen LogP contribution in [-0.4, -0.2) is 25.9 Å². The lowest BCUT2D eigenvalue weighted by Gasteiger charge is -2.18. The Labute approximate surface area is 144 Å². The van der Waals surface area contributed by atoms with Crippen LogP contribution in [0.3, 0.4) is 0 Å². The van der Waals surface area contributed by atoms with E-state index in [1.165, 1.54) is 43.4 Å². The number of carbonyl (C=O) groups excluding carboxylic acids is 1. The molecule has 1 amide bonds. The average molecular weight is 354 g/mol. The molecule has 23 heavy (non-hydrogen) atoms. The zero-order chi connectivity index (χ0) is 16.4. The number of hydrogen-bond acceptors (Lipinski definition) is 5. The summed E-state index contributed by atoms with van der Waals surface area (Å²) in [5, 5.41) is 17.6. The van der Waals surface area contributed by atoms with Gasteiger partial charge in [-0.05, 0) is 26.7 Å². The number of anilines is 1. The van der Waals surface area contributed by atoms with E-state index in [2.05, 4.69) is 20.6 Å². The molecule has 0 radical (unpaired) electrons. The molecule has 8 heteroatoms. The van der Waals surface area contributed by atoms with E-state index in [9.17, 15) is 4.79 Å². The van der Waals surface area contributed by atoms with E-state index in [0.717, 1.165) is 16.4 Å². The Morgan fingerprint density at radius 1 is 1.30 bits per heavy atom. The molecule has 0 atom stereocenters. The number of aromatic nitrogens is 4. The largest absolute Gasteiger partial charge is 0.299 e. The average Bonchev–Trinajstić information content (AvgIpc) is 3.10. The van der Waals surface area contributed by atoms with Gasteiger partial charge in [0.25, 0.3) is 0 Å². The highest BCUT2D eigenvalue weighted by Crippen LogP contribution is 2.35. The number of aryl methyl sites for hydroxylation is 1. The number of nitrogens with zero attached hydrogens (tertiary/aromatic N) is 4. The predicted molar refractivity (Wildman–Crippen MR) is 91.1 cm³/mol. The van der Waals surface area contributed by atoms with Gasteiger partial charge in [0.2, 0.25) is 11.0 Å². The third kappa shape index (κ3) is 3.72. The van der Waals surface area contributed by atoms with Gasteiger partial charge in [0.1, 0.15) is 11.6 Å². The van der Waals surface area contributed by atoms with E-state index in [4.69, 9.17) is 11.6 Å². The van der Waals surface area contributed by atoms with Crippen LogP contribution in [0.5, 0.6) is 0 Å². The highest BCUT2D eigenvalue weighted by atomic mass is 35.5. The highest BCUT2D eigenvalue weighted by Gasteiger charge is 2.20. The summed E-state index contributed by atoms with van der Waals surface area (Å²) >= 11 is 7.58. The quantitative estimate of drug-likeness (QED) is 0.909. The standard InChI is InChI=1S/C15H20ClN5OS/c1-9-13(16)10(2)21(20-9)8-12(22)17-15-19-18-14(23-15)11-6-4-3-5-7-11/h11H,3-8H2,1-2H3,(H,17,19,22).